The van der Waals surface area contributed by atoms with Crippen molar-refractivity contribution < 1.29 is 9.72 Å². The lowest BCUT2D eigenvalue weighted by Gasteiger charge is -1.99. The first-order chi connectivity index (χ1) is 6.16. The minimum atomic E-state index is -0.690. The van der Waals surface area contributed by atoms with Crippen LogP contribution in [0.5, 0.6) is 0 Å². The Labute approximate surface area is 73.7 Å². The summed E-state index contributed by atoms with van der Waals surface area (Å²) >= 11 is 0. The van der Waals surface area contributed by atoms with Crippen LogP contribution in [0.4, 0.5) is 5.82 Å². The van der Waals surface area contributed by atoms with Crippen LogP contribution in [0, 0.1) is 10.1 Å². The van der Waals surface area contributed by atoms with Crippen LogP contribution in [0.2, 0.25) is 0 Å². The number of rotatable bonds is 2. The van der Waals surface area contributed by atoms with E-state index in [2.05, 4.69) is 10.3 Å². The second-order valence-corrected chi connectivity index (χ2v) is 2.21. The fraction of sp³-hybridized carbons (Fsp3) is 0.143. The molecule has 1 N–H and O–H groups in total. The quantitative estimate of drug-likeness (QED) is 0.526. The molecule has 0 saturated heterocycles. The first-order valence-electron chi connectivity index (χ1n) is 3.48. The van der Waals surface area contributed by atoms with Crippen molar-refractivity contribution in [2.24, 2.45) is 0 Å². The molecule has 13 heavy (non-hydrogen) atoms. The van der Waals surface area contributed by atoms with E-state index in [-0.39, 0.29) is 5.56 Å². The number of hydrogen-bond acceptors (Lipinski definition) is 4. The molecule has 6 heteroatoms. The van der Waals surface area contributed by atoms with E-state index in [1.54, 1.807) is 0 Å². The molecule has 0 aliphatic heterocycles. The molecule has 0 atom stereocenters. The van der Waals surface area contributed by atoms with E-state index >= 15 is 0 Å². The highest BCUT2D eigenvalue weighted by Crippen LogP contribution is 2.12. The molecule has 1 aromatic heterocycles. The van der Waals surface area contributed by atoms with E-state index in [1.807, 2.05) is 0 Å². The molecule has 0 aromatic carbocycles. The SMILES string of the molecule is CNC(=O)c1cccnc1[N+](=O)[O-]. The van der Waals surface area contributed by atoms with Crippen LogP contribution >= 0.6 is 0 Å². The summed E-state index contributed by atoms with van der Waals surface area (Å²) in [5, 5.41) is 12.7. The average Bonchev–Trinajstić information content (AvgIpc) is 2.16. The van der Waals surface area contributed by atoms with Crippen molar-refractivity contribution in [3.05, 3.63) is 34.0 Å². The predicted octanol–water partition coefficient (Wildman–Crippen LogP) is 0.349. The van der Waals surface area contributed by atoms with Gasteiger partial charge in [0.15, 0.2) is 0 Å². The van der Waals surface area contributed by atoms with E-state index < -0.39 is 16.6 Å². The maximum atomic E-state index is 11.1. The Hall–Kier alpha value is -1.98. The molecule has 0 aliphatic rings. The zero-order valence-electron chi connectivity index (χ0n) is 6.85. The van der Waals surface area contributed by atoms with Crippen molar-refractivity contribution in [3.8, 4) is 0 Å². The molecule has 1 rings (SSSR count). The molecule has 0 fully saturated rings. The van der Waals surface area contributed by atoms with Crippen LogP contribution in [0.3, 0.4) is 0 Å². The highest BCUT2D eigenvalue weighted by Gasteiger charge is 2.19. The Bertz CT molecular complexity index is 351. The smallest absolute Gasteiger partial charge is 0.358 e. The molecule has 0 aliphatic carbocycles. The standard InChI is InChI=1S/C7H7N3O3/c1-8-7(11)5-3-2-4-9-6(5)10(12)13/h2-4H,1H3,(H,8,11). The Morgan fingerprint density at radius 1 is 1.69 bits per heavy atom. The van der Waals surface area contributed by atoms with Crippen molar-refractivity contribution in [1.82, 2.24) is 10.3 Å². The van der Waals surface area contributed by atoms with Crippen LogP contribution in [0.1, 0.15) is 10.4 Å². The number of hydrogen-bond donors (Lipinski definition) is 1. The fourth-order valence-electron chi connectivity index (χ4n) is 0.854. The molecule has 0 saturated carbocycles. The van der Waals surface area contributed by atoms with Crippen molar-refractivity contribution in [2.75, 3.05) is 7.05 Å². The molecule has 0 spiro atoms. The van der Waals surface area contributed by atoms with Gasteiger partial charge >= 0.3 is 5.82 Å². The maximum absolute atomic E-state index is 11.1. The van der Waals surface area contributed by atoms with Crippen LogP contribution in [-0.2, 0) is 0 Å². The monoisotopic (exact) mass is 181 g/mol. The molecule has 1 aromatic rings. The highest BCUT2D eigenvalue weighted by molar-refractivity contribution is 5.97. The van der Waals surface area contributed by atoms with E-state index in [0.29, 0.717) is 0 Å². The summed E-state index contributed by atoms with van der Waals surface area (Å²) in [4.78, 5) is 24.3. The molecule has 1 heterocycles. The third-order valence-corrected chi connectivity index (χ3v) is 1.43. The van der Waals surface area contributed by atoms with Gasteiger partial charge in [0.25, 0.3) is 5.91 Å². The van der Waals surface area contributed by atoms with Crippen molar-refractivity contribution in [3.63, 3.8) is 0 Å². The Morgan fingerprint density at radius 3 is 2.92 bits per heavy atom. The Balaban J connectivity index is 3.19. The summed E-state index contributed by atoms with van der Waals surface area (Å²) in [7, 11) is 1.40. The minimum Gasteiger partial charge on any atom is -0.358 e. The summed E-state index contributed by atoms with van der Waals surface area (Å²) in [6.07, 6.45) is 1.27. The topological polar surface area (TPSA) is 85.1 Å². The fourth-order valence-corrected chi connectivity index (χ4v) is 0.854. The highest BCUT2D eigenvalue weighted by atomic mass is 16.6. The number of carbonyl (C=O) groups excluding carboxylic acids is 1. The van der Waals surface area contributed by atoms with E-state index in [1.165, 1.54) is 25.4 Å². The van der Waals surface area contributed by atoms with Crippen molar-refractivity contribution >= 4 is 11.7 Å². The number of amides is 1. The summed E-state index contributed by atoms with van der Waals surface area (Å²) in [5.41, 5.74) is -0.0324. The van der Waals surface area contributed by atoms with Crippen LogP contribution in [0.15, 0.2) is 18.3 Å². The third kappa shape index (κ3) is 1.78. The van der Waals surface area contributed by atoms with Crippen LogP contribution in [-0.4, -0.2) is 22.9 Å². The predicted molar refractivity (Wildman–Crippen MR) is 44.3 cm³/mol. The third-order valence-electron chi connectivity index (χ3n) is 1.43. The first kappa shape index (κ1) is 9.11. The number of aromatic nitrogens is 1. The van der Waals surface area contributed by atoms with Crippen molar-refractivity contribution in [1.29, 1.82) is 0 Å². The van der Waals surface area contributed by atoms with E-state index in [0.717, 1.165) is 0 Å². The number of nitrogens with zero attached hydrogens (tertiary/aromatic N) is 2. The minimum absolute atomic E-state index is 0.0324. The molecule has 0 radical (unpaired) electrons. The zero-order valence-corrected chi connectivity index (χ0v) is 6.85. The largest absolute Gasteiger partial charge is 0.376 e. The lowest BCUT2D eigenvalue weighted by atomic mass is 10.2. The number of carbonyl (C=O) groups is 1. The van der Waals surface area contributed by atoms with Gasteiger partial charge in [0, 0.05) is 7.05 Å². The van der Waals surface area contributed by atoms with Gasteiger partial charge in [-0.3, -0.25) is 4.79 Å². The molecular formula is C7H7N3O3. The van der Waals surface area contributed by atoms with E-state index in [4.69, 9.17) is 0 Å². The second kappa shape index (κ2) is 3.61. The lowest BCUT2D eigenvalue weighted by Crippen LogP contribution is -2.19. The summed E-state index contributed by atoms with van der Waals surface area (Å²) in [6, 6.07) is 2.82. The molecule has 6 nitrogen and oxygen atoms in total. The molecular weight excluding hydrogens is 174 g/mol. The average molecular weight is 181 g/mol. The molecule has 1 amide bonds. The molecule has 68 valence electrons. The van der Waals surface area contributed by atoms with Gasteiger partial charge in [-0.15, -0.1) is 0 Å². The number of nitrogens with one attached hydrogen (secondary N) is 1. The first-order valence-corrected chi connectivity index (χ1v) is 3.48. The van der Waals surface area contributed by atoms with Gasteiger partial charge in [-0.25, -0.2) is 0 Å². The summed E-state index contributed by atoms with van der Waals surface area (Å²) in [6.45, 7) is 0. The van der Waals surface area contributed by atoms with Crippen molar-refractivity contribution in [2.45, 2.75) is 0 Å². The second-order valence-electron chi connectivity index (χ2n) is 2.21. The molecule has 0 bridgehead atoms. The van der Waals surface area contributed by atoms with Gasteiger partial charge in [0.05, 0.1) is 0 Å². The van der Waals surface area contributed by atoms with Gasteiger partial charge in [0.1, 0.15) is 11.8 Å². The number of pyridine rings is 1. The summed E-state index contributed by atoms with van der Waals surface area (Å²) < 4.78 is 0. The van der Waals surface area contributed by atoms with Gasteiger partial charge in [-0.2, -0.15) is 0 Å². The van der Waals surface area contributed by atoms with Gasteiger partial charge in [0.2, 0.25) is 0 Å². The summed E-state index contributed by atoms with van der Waals surface area (Å²) in [5.74, 6) is -0.943. The zero-order chi connectivity index (χ0) is 9.84. The lowest BCUT2D eigenvalue weighted by molar-refractivity contribution is -0.389. The number of nitro groups is 1. The van der Waals surface area contributed by atoms with Crippen LogP contribution < -0.4 is 5.32 Å². The van der Waals surface area contributed by atoms with E-state index in [9.17, 15) is 14.9 Å². The van der Waals surface area contributed by atoms with Crippen LogP contribution in [0.25, 0.3) is 0 Å². The maximum Gasteiger partial charge on any atom is 0.376 e. The normalized spacial score (nSPS) is 9.31. The van der Waals surface area contributed by atoms with Gasteiger partial charge in [-0.1, -0.05) is 0 Å². The van der Waals surface area contributed by atoms with Gasteiger partial charge < -0.3 is 15.4 Å². The Kier molecular flexibility index (Phi) is 2.53. The Morgan fingerprint density at radius 2 is 2.38 bits per heavy atom. The molecule has 0 unspecified atom stereocenters. The van der Waals surface area contributed by atoms with Gasteiger partial charge in [-0.05, 0) is 22.0 Å².